The molecular formula is C13H18N4O2. The van der Waals surface area contributed by atoms with Crippen molar-refractivity contribution in [2.45, 2.75) is 19.9 Å². The fourth-order valence-electron chi connectivity index (χ4n) is 3.05. The van der Waals surface area contributed by atoms with Crippen LogP contribution >= 0.6 is 0 Å². The van der Waals surface area contributed by atoms with Gasteiger partial charge < -0.3 is 10.2 Å². The maximum absolute atomic E-state index is 12.5. The molecule has 2 aliphatic heterocycles. The van der Waals surface area contributed by atoms with Crippen molar-refractivity contribution in [3.05, 3.63) is 18.0 Å². The van der Waals surface area contributed by atoms with E-state index in [1.165, 1.54) is 0 Å². The van der Waals surface area contributed by atoms with Gasteiger partial charge in [0.15, 0.2) is 0 Å². The molecular weight excluding hydrogens is 244 g/mol. The molecule has 3 heterocycles. The summed E-state index contributed by atoms with van der Waals surface area (Å²) in [6.45, 7) is 4.77. The Bertz CT molecular complexity index is 510. The van der Waals surface area contributed by atoms with E-state index in [2.05, 4.69) is 10.4 Å². The Hall–Kier alpha value is -1.85. The molecule has 0 spiro atoms. The van der Waals surface area contributed by atoms with E-state index in [-0.39, 0.29) is 11.8 Å². The first kappa shape index (κ1) is 12.2. The van der Waals surface area contributed by atoms with Gasteiger partial charge in [-0.15, -0.1) is 0 Å². The number of likely N-dealkylation sites (tertiary alicyclic amines) is 1. The summed E-state index contributed by atoms with van der Waals surface area (Å²) in [5.74, 6) is 0.852. The Labute approximate surface area is 111 Å². The molecule has 2 fully saturated rings. The van der Waals surface area contributed by atoms with Crippen molar-refractivity contribution < 1.29 is 9.59 Å². The molecule has 0 saturated carbocycles. The van der Waals surface area contributed by atoms with Crippen LogP contribution in [-0.4, -0.2) is 46.1 Å². The summed E-state index contributed by atoms with van der Waals surface area (Å²) in [6.07, 6.45) is 2.20. The molecule has 0 aliphatic carbocycles. The number of rotatable bonds is 2. The van der Waals surface area contributed by atoms with Crippen LogP contribution in [0.15, 0.2) is 12.3 Å². The van der Waals surface area contributed by atoms with Crippen LogP contribution in [0.3, 0.4) is 0 Å². The van der Waals surface area contributed by atoms with Crippen molar-refractivity contribution in [2.24, 2.45) is 11.8 Å². The lowest BCUT2D eigenvalue weighted by Crippen LogP contribution is -2.40. The summed E-state index contributed by atoms with van der Waals surface area (Å²) < 4.78 is 1.72. The van der Waals surface area contributed by atoms with Gasteiger partial charge in [-0.1, -0.05) is 0 Å². The van der Waals surface area contributed by atoms with Gasteiger partial charge in [-0.3, -0.25) is 14.3 Å². The van der Waals surface area contributed by atoms with Crippen molar-refractivity contribution in [3.8, 4) is 0 Å². The molecule has 0 bridgehead atoms. The number of amides is 2. The zero-order valence-electron chi connectivity index (χ0n) is 11.0. The van der Waals surface area contributed by atoms with Gasteiger partial charge in [0, 0.05) is 38.8 Å². The predicted molar refractivity (Wildman–Crippen MR) is 68.4 cm³/mol. The summed E-state index contributed by atoms with van der Waals surface area (Å²) in [4.78, 5) is 25.7. The third kappa shape index (κ3) is 2.11. The highest BCUT2D eigenvalue weighted by molar-refractivity contribution is 5.92. The van der Waals surface area contributed by atoms with Gasteiger partial charge in [0.2, 0.25) is 5.91 Å². The van der Waals surface area contributed by atoms with Crippen LogP contribution in [0.5, 0.6) is 0 Å². The molecule has 6 heteroatoms. The quantitative estimate of drug-likeness (QED) is 0.822. The molecule has 0 aromatic carbocycles. The van der Waals surface area contributed by atoms with Crippen LogP contribution in [0.4, 0.5) is 0 Å². The van der Waals surface area contributed by atoms with Gasteiger partial charge in [0.05, 0.1) is 0 Å². The minimum absolute atomic E-state index is 0.0289. The van der Waals surface area contributed by atoms with Crippen LogP contribution in [0, 0.1) is 11.8 Å². The average molecular weight is 262 g/mol. The van der Waals surface area contributed by atoms with Crippen LogP contribution < -0.4 is 5.32 Å². The SMILES string of the molecule is CCn1nccc1C(=O)N1C[C@H]2CNC(=O)C[C@H]2C1. The number of hydrogen-bond donors (Lipinski definition) is 1. The predicted octanol–water partition coefficient (Wildman–Crippen LogP) is 0.111. The first-order valence-corrected chi connectivity index (χ1v) is 6.76. The van der Waals surface area contributed by atoms with Crippen LogP contribution in [0.1, 0.15) is 23.8 Å². The van der Waals surface area contributed by atoms with Crippen molar-refractivity contribution in [1.82, 2.24) is 20.0 Å². The lowest BCUT2D eigenvalue weighted by molar-refractivity contribution is -0.124. The number of carbonyl (C=O) groups is 2. The molecule has 2 atom stereocenters. The Morgan fingerprint density at radius 3 is 3.05 bits per heavy atom. The summed E-state index contributed by atoms with van der Waals surface area (Å²) in [6, 6.07) is 1.76. The normalized spacial score (nSPS) is 26.2. The van der Waals surface area contributed by atoms with E-state index in [9.17, 15) is 9.59 Å². The third-order valence-electron chi connectivity index (χ3n) is 4.11. The molecule has 102 valence electrons. The van der Waals surface area contributed by atoms with E-state index in [1.807, 2.05) is 11.8 Å². The molecule has 2 aliphatic rings. The summed E-state index contributed by atoms with van der Waals surface area (Å²) in [5, 5.41) is 7.01. The Morgan fingerprint density at radius 1 is 1.47 bits per heavy atom. The molecule has 19 heavy (non-hydrogen) atoms. The highest BCUT2D eigenvalue weighted by Crippen LogP contribution is 2.29. The molecule has 0 radical (unpaired) electrons. The number of hydrogen-bond acceptors (Lipinski definition) is 3. The first-order valence-electron chi connectivity index (χ1n) is 6.76. The second-order valence-corrected chi connectivity index (χ2v) is 5.27. The Balaban J connectivity index is 1.74. The molecule has 1 N–H and O–H groups in total. The van der Waals surface area contributed by atoms with Crippen molar-refractivity contribution >= 4 is 11.8 Å². The number of nitrogens with zero attached hydrogens (tertiary/aromatic N) is 3. The van der Waals surface area contributed by atoms with Crippen molar-refractivity contribution in [3.63, 3.8) is 0 Å². The van der Waals surface area contributed by atoms with E-state index >= 15 is 0 Å². The largest absolute Gasteiger partial charge is 0.356 e. The zero-order chi connectivity index (χ0) is 13.4. The Kier molecular flexibility index (Phi) is 3.00. The van der Waals surface area contributed by atoms with E-state index in [1.54, 1.807) is 16.9 Å². The number of nitrogens with one attached hydrogen (secondary N) is 1. The Morgan fingerprint density at radius 2 is 2.26 bits per heavy atom. The molecule has 1 aromatic heterocycles. The smallest absolute Gasteiger partial charge is 0.272 e. The summed E-state index contributed by atoms with van der Waals surface area (Å²) >= 11 is 0. The van der Waals surface area contributed by atoms with E-state index in [4.69, 9.17) is 0 Å². The maximum Gasteiger partial charge on any atom is 0.272 e. The standard InChI is InChI=1S/C13H18N4O2/c1-2-17-11(3-4-15-17)13(19)16-7-9-5-12(18)14-6-10(9)8-16/h3-4,9-10H,2,5-8H2,1H3,(H,14,18)/t9-,10+/m0/s1. The van der Waals surface area contributed by atoms with Gasteiger partial charge >= 0.3 is 0 Å². The van der Waals surface area contributed by atoms with Gasteiger partial charge in [0.1, 0.15) is 5.69 Å². The van der Waals surface area contributed by atoms with Crippen molar-refractivity contribution in [2.75, 3.05) is 19.6 Å². The summed E-state index contributed by atoms with van der Waals surface area (Å²) in [5.41, 5.74) is 0.639. The number of aryl methyl sites for hydroxylation is 1. The lowest BCUT2D eigenvalue weighted by Gasteiger charge is -2.23. The van der Waals surface area contributed by atoms with Gasteiger partial charge in [0.25, 0.3) is 5.91 Å². The molecule has 6 nitrogen and oxygen atoms in total. The number of fused-ring (bicyclic) bond motifs is 1. The molecule has 1 aromatic rings. The maximum atomic E-state index is 12.5. The second kappa shape index (κ2) is 4.68. The fourth-order valence-corrected chi connectivity index (χ4v) is 3.05. The zero-order valence-corrected chi connectivity index (χ0v) is 11.0. The van der Waals surface area contributed by atoms with Gasteiger partial charge in [-0.05, 0) is 24.8 Å². The fraction of sp³-hybridized carbons (Fsp3) is 0.615. The van der Waals surface area contributed by atoms with Gasteiger partial charge in [-0.2, -0.15) is 5.10 Å². The highest BCUT2D eigenvalue weighted by Gasteiger charge is 2.39. The third-order valence-corrected chi connectivity index (χ3v) is 4.11. The second-order valence-electron chi connectivity index (χ2n) is 5.27. The van der Waals surface area contributed by atoms with Crippen molar-refractivity contribution in [1.29, 1.82) is 0 Å². The van der Waals surface area contributed by atoms with Crippen LogP contribution in [-0.2, 0) is 11.3 Å². The minimum atomic E-state index is 0.0289. The topological polar surface area (TPSA) is 67.2 Å². The van der Waals surface area contributed by atoms with E-state index < -0.39 is 0 Å². The van der Waals surface area contributed by atoms with E-state index in [0.29, 0.717) is 43.6 Å². The monoisotopic (exact) mass is 262 g/mol. The van der Waals surface area contributed by atoms with E-state index in [0.717, 1.165) is 6.54 Å². The minimum Gasteiger partial charge on any atom is -0.356 e. The highest BCUT2D eigenvalue weighted by atomic mass is 16.2. The summed E-state index contributed by atoms with van der Waals surface area (Å²) in [7, 11) is 0. The molecule has 0 unspecified atom stereocenters. The van der Waals surface area contributed by atoms with Crippen LogP contribution in [0.25, 0.3) is 0 Å². The average Bonchev–Trinajstić information content (AvgIpc) is 3.03. The molecule has 3 rings (SSSR count). The number of piperidine rings is 1. The number of aromatic nitrogens is 2. The lowest BCUT2D eigenvalue weighted by atomic mass is 9.89. The molecule has 2 saturated heterocycles. The number of carbonyl (C=O) groups excluding carboxylic acids is 2. The first-order chi connectivity index (χ1) is 9.19. The van der Waals surface area contributed by atoms with Crippen LogP contribution in [0.2, 0.25) is 0 Å². The molecule has 2 amide bonds. The van der Waals surface area contributed by atoms with Gasteiger partial charge in [-0.25, -0.2) is 0 Å².